The average molecular weight is 282 g/mol. The third kappa shape index (κ3) is 2.66. The Kier molecular flexibility index (Phi) is 3.06. The number of aromatic nitrogens is 2. The molecule has 3 N–H and O–H groups in total. The summed E-state index contributed by atoms with van der Waals surface area (Å²) in [5, 5.41) is 6.83. The second kappa shape index (κ2) is 4.74. The molecule has 0 bridgehead atoms. The van der Waals surface area contributed by atoms with E-state index < -0.39 is 5.82 Å². The molecule has 6 heteroatoms. The van der Waals surface area contributed by atoms with Crippen LogP contribution < -0.4 is 10.5 Å². The van der Waals surface area contributed by atoms with Crippen LogP contribution >= 0.6 is 11.6 Å². The molecule has 0 unspecified atom stereocenters. The van der Waals surface area contributed by atoms with Gasteiger partial charge in [-0.05, 0) is 30.9 Å². The first kappa shape index (κ1) is 12.3. The summed E-state index contributed by atoms with van der Waals surface area (Å²) in [6.07, 6.45) is 2.34. The van der Waals surface area contributed by atoms with Crippen LogP contribution in [0.25, 0.3) is 11.3 Å². The van der Waals surface area contributed by atoms with E-state index in [2.05, 4.69) is 10.2 Å². The Labute approximate surface area is 114 Å². The van der Waals surface area contributed by atoms with E-state index in [1.165, 1.54) is 25.0 Å². The summed E-state index contributed by atoms with van der Waals surface area (Å²) >= 11 is 6.06. The number of rotatable bonds is 4. The number of nitrogen functional groups attached to an aromatic ring is 1. The predicted molar refractivity (Wildman–Crippen MR) is 71.6 cm³/mol. The number of hydrogen-bond donors (Lipinski definition) is 2. The number of hydrogen-bond acceptors (Lipinski definition) is 3. The lowest BCUT2D eigenvalue weighted by atomic mass is 10.1. The number of benzene rings is 1. The maximum Gasteiger partial charge on any atom is 0.147 e. The average Bonchev–Trinajstić information content (AvgIpc) is 3.08. The highest BCUT2D eigenvalue weighted by molar-refractivity contribution is 6.32. The largest absolute Gasteiger partial charge is 0.491 e. The van der Waals surface area contributed by atoms with Crippen molar-refractivity contribution < 1.29 is 9.13 Å². The molecule has 0 radical (unpaired) electrons. The zero-order valence-corrected chi connectivity index (χ0v) is 10.9. The lowest BCUT2D eigenvalue weighted by molar-refractivity contribution is 0.300. The Bertz CT molecular complexity index is 610. The molecule has 0 spiro atoms. The molecule has 100 valence electrons. The van der Waals surface area contributed by atoms with E-state index in [4.69, 9.17) is 22.1 Å². The van der Waals surface area contributed by atoms with Crippen LogP contribution in [0.1, 0.15) is 12.8 Å². The molecule has 0 amide bonds. The Morgan fingerprint density at radius 3 is 2.84 bits per heavy atom. The van der Waals surface area contributed by atoms with Crippen molar-refractivity contribution in [1.82, 2.24) is 10.2 Å². The van der Waals surface area contributed by atoms with Gasteiger partial charge in [-0.15, -0.1) is 0 Å². The minimum absolute atomic E-state index is 0.254. The fourth-order valence-electron chi connectivity index (χ4n) is 1.87. The molecule has 1 aliphatic rings. The van der Waals surface area contributed by atoms with Gasteiger partial charge >= 0.3 is 0 Å². The smallest absolute Gasteiger partial charge is 0.147 e. The molecule has 0 saturated heterocycles. The van der Waals surface area contributed by atoms with Gasteiger partial charge in [-0.1, -0.05) is 11.6 Å². The Morgan fingerprint density at radius 1 is 1.42 bits per heavy atom. The van der Waals surface area contributed by atoms with E-state index in [1.54, 1.807) is 6.07 Å². The standard InChI is InChI=1S/C13H13ClFN3O/c14-10-4-8(15)3-9(11-5-12(16)18-17-11)13(10)19-6-7-1-2-7/h3-5,7H,1-2,6H2,(H3,16,17,18). The maximum atomic E-state index is 13.5. The molecule has 1 aliphatic carbocycles. The second-order valence-corrected chi connectivity index (χ2v) is 5.13. The van der Waals surface area contributed by atoms with Crippen molar-refractivity contribution in [3.63, 3.8) is 0 Å². The van der Waals surface area contributed by atoms with Gasteiger partial charge in [0.05, 0.1) is 17.3 Å². The van der Waals surface area contributed by atoms with Crippen molar-refractivity contribution in [1.29, 1.82) is 0 Å². The molecule has 0 aliphatic heterocycles. The SMILES string of the molecule is Nc1cc(-c2cc(F)cc(Cl)c2OCC2CC2)[nH]n1. The molecule has 0 atom stereocenters. The van der Waals surface area contributed by atoms with Crippen LogP contribution in [-0.2, 0) is 0 Å². The van der Waals surface area contributed by atoms with Crippen LogP contribution in [0.3, 0.4) is 0 Å². The van der Waals surface area contributed by atoms with E-state index in [9.17, 15) is 4.39 Å². The first-order chi connectivity index (χ1) is 9.13. The molecule has 1 aromatic heterocycles. The fourth-order valence-corrected chi connectivity index (χ4v) is 2.13. The van der Waals surface area contributed by atoms with Crippen LogP contribution in [-0.4, -0.2) is 16.8 Å². The lowest BCUT2D eigenvalue weighted by Gasteiger charge is -2.12. The van der Waals surface area contributed by atoms with Crippen molar-refractivity contribution in [3.05, 3.63) is 29.0 Å². The molecule has 1 saturated carbocycles. The molecule has 1 aromatic carbocycles. The molecule has 1 fully saturated rings. The number of halogens is 2. The number of anilines is 1. The van der Waals surface area contributed by atoms with E-state index in [-0.39, 0.29) is 5.02 Å². The summed E-state index contributed by atoms with van der Waals surface area (Å²) in [5.74, 6) is 0.967. The van der Waals surface area contributed by atoms with Crippen LogP contribution in [0, 0.1) is 11.7 Å². The number of aromatic amines is 1. The van der Waals surface area contributed by atoms with Gasteiger partial charge in [-0.2, -0.15) is 5.10 Å². The van der Waals surface area contributed by atoms with Gasteiger partial charge in [-0.25, -0.2) is 4.39 Å². The number of nitrogens with zero attached hydrogens (tertiary/aromatic N) is 1. The monoisotopic (exact) mass is 281 g/mol. The summed E-state index contributed by atoms with van der Waals surface area (Å²) in [6.45, 7) is 0.599. The van der Waals surface area contributed by atoms with E-state index in [0.29, 0.717) is 35.3 Å². The molecule has 4 nitrogen and oxygen atoms in total. The molecule has 2 aromatic rings. The van der Waals surface area contributed by atoms with Crippen molar-refractivity contribution >= 4 is 17.4 Å². The van der Waals surface area contributed by atoms with Gasteiger partial charge in [0.15, 0.2) is 0 Å². The highest BCUT2D eigenvalue weighted by Gasteiger charge is 2.24. The summed E-state index contributed by atoms with van der Waals surface area (Å²) in [5.41, 5.74) is 6.69. The van der Waals surface area contributed by atoms with Gasteiger partial charge in [-0.3, -0.25) is 5.10 Å². The lowest BCUT2D eigenvalue weighted by Crippen LogP contribution is -2.01. The number of H-pyrrole nitrogens is 1. The number of nitrogens with two attached hydrogens (primary N) is 1. The Hall–Kier alpha value is -1.75. The minimum atomic E-state index is -0.424. The molecular weight excluding hydrogens is 269 g/mol. The zero-order chi connectivity index (χ0) is 13.4. The van der Waals surface area contributed by atoms with Crippen LogP contribution in [0.2, 0.25) is 5.02 Å². The third-order valence-corrected chi connectivity index (χ3v) is 3.34. The highest BCUT2D eigenvalue weighted by Crippen LogP contribution is 2.38. The van der Waals surface area contributed by atoms with Crippen LogP contribution in [0.15, 0.2) is 18.2 Å². The van der Waals surface area contributed by atoms with E-state index >= 15 is 0 Å². The summed E-state index contributed by atoms with van der Waals surface area (Å²) in [4.78, 5) is 0. The molecular formula is C13H13ClFN3O. The molecule has 3 rings (SSSR count). The van der Waals surface area contributed by atoms with Crippen LogP contribution in [0.4, 0.5) is 10.2 Å². The van der Waals surface area contributed by atoms with Gasteiger partial charge in [0.25, 0.3) is 0 Å². The molecule has 1 heterocycles. The van der Waals surface area contributed by atoms with Gasteiger partial charge in [0.1, 0.15) is 17.4 Å². The van der Waals surface area contributed by atoms with Gasteiger partial charge < -0.3 is 10.5 Å². The van der Waals surface area contributed by atoms with Crippen molar-refractivity contribution in [2.75, 3.05) is 12.3 Å². The Balaban J connectivity index is 1.99. The quantitative estimate of drug-likeness (QED) is 0.904. The second-order valence-electron chi connectivity index (χ2n) is 4.73. The normalized spacial score (nSPS) is 14.6. The summed E-state index contributed by atoms with van der Waals surface area (Å²) < 4.78 is 19.2. The Morgan fingerprint density at radius 2 is 2.21 bits per heavy atom. The summed E-state index contributed by atoms with van der Waals surface area (Å²) in [6, 6.07) is 4.23. The topological polar surface area (TPSA) is 63.9 Å². The highest BCUT2D eigenvalue weighted by atomic mass is 35.5. The maximum absolute atomic E-state index is 13.5. The van der Waals surface area contributed by atoms with E-state index in [1.807, 2.05) is 0 Å². The van der Waals surface area contributed by atoms with Crippen molar-refractivity contribution in [2.45, 2.75) is 12.8 Å². The predicted octanol–water partition coefficient (Wildman–Crippen LogP) is 3.24. The van der Waals surface area contributed by atoms with Crippen molar-refractivity contribution in [3.8, 4) is 17.0 Å². The molecule has 19 heavy (non-hydrogen) atoms. The van der Waals surface area contributed by atoms with Crippen molar-refractivity contribution in [2.24, 2.45) is 5.92 Å². The fraction of sp³-hybridized carbons (Fsp3) is 0.308. The first-order valence-corrected chi connectivity index (χ1v) is 6.44. The third-order valence-electron chi connectivity index (χ3n) is 3.06. The zero-order valence-electron chi connectivity index (χ0n) is 10.1. The van der Waals surface area contributed by atoms with Crippen LogP contribution in [0.5, 0.6) is 5.75 Å². The number of nitrogens with one attached hydrogen (secondary N) is 1. The van der Waals surface area contributed by atoms with Gasteiger partial charge in [0, 0.05) is 11.6 Å². The summed E-state index contributed by atoms with van der Waals surface area (Å²) in [7, 11) is 0. The first-order valence-electron chi connectivity index (χ1n) is 6.06. The van der Waals surface area contributed by atoms with E-state index in [0.717, 1.165) is 0 Å². The number of ether oxygens (including phenoxy) is 1. The minimum Gasteiger partial charge on any atom is -0.491 e. The van der Waals surface area contributed by atoms with Gasteiger partial charge in [0.2, 0.25) is 0 Å².